The summed E-state index contributed by atoms with van der Waals surface area (Å²) >= 11 is 0. The molecule has 0 spiro atoms. The molecule has 22 heavy (non-hydrogen) atoms. The van der Waals surface area contributed by atoms with E-state index in [-0.39, 0.29) is 5.91 Å². The zero-order valence-corrected chi connectivity index (χ0v) is 12.1. The number of carbonyl (C=O) groups is 1. The number of tetrazole rings is 1. The van der Waals surface area contributed by atoms with Crippen LogP contribution in [0.2, 0.25) is 0 Å². The number of nitrogens with zero attached hydrogens (tertiary/aromatic N) is 5. The van der Waals surface area contributed by atoms with E-state index < -0.39 is 0 Å². The first-order chi connectivity index (χ1) is 10.8. The SMILES string of the molecule is O=C(CCn1cnnn1)N1CCc2[nH]c3ccccc3c2C1. The van der Waals surface area contributed by atoms with Crippen LogP contribution in [0, 0.1) is 0 Å². The largest absolute Gasteiger partial charge is 0.358 e. The van der Waals surface area contributed by atoms with Crippen molar-refractivity contribution in [2.24, 2.45) is 0 Å². The summed E-state index contributed by atoms with van der Waals surface area (Å²) in [7, 11) is 0. The summed E-state index contributed by atoms with van der Waals surface area (Å²) in [5, 5.41) is 12.1. The van der Waals surface area contributed by atoms with Gasteiger partial charge in [-0.05, 0) is 16.5 Å². The van der Waals surface area contributed by atoms with Crippen LogP contribution in [0.15, 0.2) is 30.6 Å². The van der Waals surface area contributed by atoms with E-state index in [0.717, 1.165) is 18.5 Å². The molecule has 3 heterocycles. The second kappa shape index (κ2) is 5.25. The number of rotatable bonds is 3. The highest BCUT2D eigenvalue weighted by atomic mass is 16.2. The maximum Gasteiger partial charge on any atom is 0.224 e. The Balaban J connectivity index is 1.50. The molecule has 0 saturated heterocycles. The Morgan fingerprint density at radius 1 is 1.32 bits per heavy atom. The Hall–Kier alpha value is -2.70. The molecule has 0 bridgehead atoms. The second-order valence-corrected chi connectivity index (χ2v) is 5.52. The summed E-state index contributed by atoms with van der Waals surface area (Å²) in [4.78, 5) is 17.8. The lowest BCUT2D eigenvalue weighted by atomic mass is 10.0. The molecule has 0 unspecified atom stereocenters. The normalized spacial score (nSPS) is 14.3. The minimum atomic E-state index is 0.145. The van der Waals surface area contributed by atoms with Crippen LogP contribution in [-0.2, 0) is 24.3 Å². The Morgan fingerprint density at radius 2 is 2.23 bits per heavy atom. The maximum absolute atomic E-state index is 12.4. The van der Waals surface area contributed by atoms with Crippen molar-refractivity contribution >= 4 is 16.8 Å². The first-order valence-corrected chi connectivity index (χ1v) is 7.38. The first kappa shape index (κ1) is 13.0. The van der Waals surface area contributed by atoms with Crippen molar-refractivity contribution in [1.29, 1.82) is 0 Å². The number of fused-ring (bicyclic) bond motifs is 3. The molecule has 1 amide bonds. The highest BCUT2D eigenvalue weighted by Crippen LogP contribution is 2.27. The number of carbonyl (C=O) groups excluding carboxylic acids is 1. The van der Waals surface area contributed by atoms with Crippen molar-refractivity contribution in [3.63, 3.8) is 0 Å². The number of hydrogen-bond acceptors (Lipinski definition) is 4. The van der Waals surface area contributed by atoms with Gasteiger partial charge in [-0.3, -0.25) is 4.79 Å². The predicted octanol–water partition coefficient (Wildman–Crippen LogP) is 1.13. The molecule has 3 aromatic rings. The van der Waals surface area contributed by atoms with Gasteiger partial charge in [-0.25, -0.2) is 4.68 Å². The Kier molecular flexibility index (Phi) is 3.10. The van der Waals surface area contributed by atoms with Crippen LogP contribution in [0.4, 0.5) is 0 Å². The predicted molar refractivity (Wildman–Crippen MR) is 79.9 cm³/mol. The van der Waals surface area contributed by atoms with Gasteiger partial charge in [-0.15, -0.1) is 5.10 Å². The van der Waals surface area contributed by atoms with Gasteiger partial charge in [0, 0.05) is 48.1 Å². The second-order valence-electron chi connectivity index (χ2n) is 5.52. The molecular weight excluding hydrogens is 280 g/mol. The van der Waals surface area contributed by atoms with E-state index >= 15 is 0 Å². The third-order valence-corrected chi connectivity index (χ3v) is 4.18. The van der Waals surface area contributed by atoms with Crippen LogP contribution in [0.25, 0.3) is 10.9 Å². The molecule has 0 atom stereocenters. The lowest BCUT2D eigenvalue weighted by molar-refractivity contribution is -0.132. The zero-order valence-electron chi connectivity index (χ0n) is 12.1. The van der Waals surface area contributed by atoms with Crippen LogP contribution in [0.3, 0.4) is 0 Å². The van der Waals surface area contributed by atoms with Crippen molar-refractivity contribution in [3.8, 4) is 0 Å². The molecule has 1 aliphatic rings. The fourth-order valence-corrected chi connectivity index (χ4v) is 3.03. The molecule has 0 aliphatic carbocycles. The highest BCUT2D eigenvalue weighted by Gasteiger charge is 2.23. The van der Waals surface area contributed by atoms with Crippen molar-refractivity contribution < 1.29 is 4.79 Å². The van der Waals surface area contributed by atoms with Gasteiger partial charge in [-0.1, -0.05) is 18.2 Å². The van der Waals surface area contributed by atoms with Gasteiger partial charge in [0.2, 0.25) is 5.91 Å². The fourth-order valence-electron chi connectivity index (χ4n) is 3.03. The molecule has 4 rings (SSSR count). The summed E-state index contributed by atoms with van der Waals surface area (Å²) in [5.41, 5.74) is 3.65. The molecule has 1 aliphatic heterocycles. The molecule has 7 nitrogen and oxygen atoms in total. The minimum absolute atomic E-state index is 0.145. The average Bonchev–Trinajstić information content (AvgIpc) is 3.19. The van der Waals surface area contributed by atoms with Gasteiger partial charge in [-0.2, -0.15) is 0 Å². The number of H-pyrrole nitrogens is 1. The molecule has 0 saturated carbocycles. The van der Waals surface area contributed by atoms with Crippen molar-refractivity contribution in [1.82, 2.24) is 30.1 Å². The third kappa shape index (κ3) is 2.24. The number of benzene rings is 1. The number of aromatic nitrogens is 5. The Bertz CT molecular complexity index is 807. The third-order valence-electron chi connectivity index (χ3n) is 4.18. The van der Waals surface area contributed by atoms with Crippen molar-refractivity contribution in [2.45, 2.75) is 25.9 Å². The summed E-state index contributed by atoms with van der Waals surface area (Å²) in [6.45, 7) is 1.95. The van der Waals surface area contributed by atoms with E-state index in [1.165, 1.54) is 23.0 Å². The number of para-hydroxylation sites is 1. The number of amides is 1. The topological polar surface area (TPSA) is 79.7 Å². The van der Waals surface area contributed by atoms with Crippen LogP contribution in [0.5, 0.6) is 0 Å². The fraction of sp³-hybridized carbons (Fsp3) is 0.333. The molecule has 7 heteroatoms. The summed E-state index contributed by atoms with van der Waals surface area (Å²) in [6, 6.07) is 8.26. The quantitative estimate of drug-likeness (QED) is 0.785. The van der Waals surface area contributed by atoms with Crippen molar-refractivity contribution in [2.75, 3.05) is 6.54 Å². The average molecular weight is 296 g/mol. The van der Waals surface area contributed by atoms with E-state index in [1.807, 2.05) is 17.0 Å². The van der Waals surface area contributed by atoms with Crippen molar-refractivity contribution in [3.05, 3.63) is 41.9 Å². The maximum atomic E-state index is 12.4. The number of hydrogen-bond donors (Lipinski definition) is 1. The molecule has 1 N–H and O–H groups in total. The highest BCUT2D eigenvalue weighted by molar-refractivity contribution is 5.86. The number of aryl methyl sites for hydroxylation is 1. The van der Waals surface area contributed by atoms with Crippen LogP contribution in [0.1, 0.15) is 17.7 Å². The zero-order chi connectivity index (χ0) is 14.9. The van der Waals surface area contributed by atoms with E-state index in [9.17, 15) is 4.79 Å². The van der Waals surface area contributed by atoms with E-state index in [2.05, 4.69) is 32.6 Å². The minimum Gasteiger partial charge on any atom is -0.358 e. The van der Waals surface area contributed by atoms with Gasteiger partial charge in [0.05, 0.1) is 6.54 Å². The van der Waals surface area contributed by atoms with Crippen LogP contribution in [-0.4, -0.2) is 42.5 Å². The number of nitrogens with one attached hydrogen (secondary N) is 1. The van der Waals surface area contributed by atoms with Gasteiger partial charge in [0.15, 0.2) is 0 Å². The summed E-state index contributed by atoms with van der Waals surface area (Å²) in [5.74, 6) is 0.145. The Morgan fingerprint density at radius 3 is 3.09 bits per heavy atom. The van der Waals surface area contributed by atoms with Crippen LogP contribution >= 0.6 is 0 Å². The molecule has 2 aromatic heterocycles. The molecule has 112 valence electrons. The van der Waals surface area contributed by atoms with E-state index in [0.29, 0.717) is 19.5 Å². The first-order valence-electron chi connectivity index (χ1n) is 7.38. The number of aromatic amines is 1. The molecule has 0 fully saturated rings. The van der Waals surface area contributed by atoms with Gasteiger partial charge < -0.3 is 9.88 Å². The van der Waals surface area contributed by atoms with E-state index in [1.54, 1.807) is 4.68 Å². The summed E-state index contributed by atoms with van der Waals surface area (Å²) in [6.07, 6.45) is 2.82. The van der Waals surface area contributed by atoms with Gasteiger partial charge in [0.25, 0.3) is 0 Å². The van der Waals surface area contributed by atoms with Gasteiger partial charge in [0.1, 0.15) is 6.33 Å². The smallest absolute Gasteiger partial charge is 0.224 e. The summed E-state index contributed by atoms with van der Waals surface area (Å²) < 4.78 is 1.58. The van der Waals surface area contributed by atoms with E-state index in [4.69, 9.17) is 0 Å². The Labute approximate surface area is 126 Å². The standard InChI is InChI=1S/C15H16N6O/c22-15(6-8-21-10-16-18-19-21)20-7-5-14-12(9-20)11-3-1-2-4-13(11)17-14/h1-4,10,17H,5-9H2. The monoisotopic (exact) mass is 296 g/mol. The molecular formula is C15H16N6O. The lowest BCUT2D eigenvalue weighted by Gasteiger charge is -2.27. The molecule has 1 aromatic carbocycles. The van der Waals surface area contributed by atoms with Gasteiger partial charge >= 0.3 is 0 Å². The van der Waals surface area contributed by atoms with Crippen LogP contribution < -0.4 is 0 Å². The molecule has 0 radical (unpaired) electrons. The lowest BCUT2D eigenvalue weighted by Crippen LogP contribution is -2.36.